The van der Waals surface area contributed by atoms with E-state index in [0.29, 0.717) is 38.6 Å². The Morgan fingerprint density at radius 1 is 0.818 bits per heavy atom. The van der Waals surface area contributed by atoms with Gasteiger partial charge in [-0.25, -0.2) is 0 Å². The van der Waals surface area contributed by atoms with Crippen LogP contribution in [0, 0.1) is 6.92 Å². The Kier molecular flexibility index (Phi) is 6.17. The van der Waals surface area contributed by atoms with Gasteiger partial charge in [-0.1, -0.05) is 64.8 Å². The van der Waals surface area contributed by atoms with E-state index in [1.54, 1.807) is 0 Å². The fourth-order valence-electron chi connectivity index (χ4n) is 3.25. The molecule has 164 valence electrons. The van der Waals surface area contributed by atoms with E-state index in [1.807, 2.05) is 84.3 Å². The summed E-state index contributed by atoms with van der Waals surface area (Å²) < 4.78 is 7.79. The van der Waals surface area contributed by atoms with Crippen LogP contribution in [0.1, 0.15) is 11.5 Å². The number of aryl methyl sites for hydroxylation is 1. The monoisotopic (exact) mass is 493 g/mol. The molecule has 0 spiro atoms. The van der Waals surface area contributed by atoms with Crippen LogP contribution in [0.2, 0.25) is 10.0 Å². The van der Waals surface area contributed by atoms with Crippen molar-refractivity contribution in [2.75, 3.05) is 0 Å². The molecule has 0 aliphatic carbocycles. The molecule has 5 aromatic rings. The summed E-state index contributed by atoms with van der Waals surface area (Å²) >= 11 is 14.0. The highest BCUT2D eigenvalue weighted by atomic mass is 35.5. The fraction of sp³-hybridized carbons (Fsp3) is 0.0833. The van der Waals surface area contributed by atoms with Gasteiger partial charge in [0.2, 0.25) is 11.8 Å². The van der Waals surface area contributed by atoms with E-state index < -0.39 is 0 Å². The molecule has 33 heavy (non-hydrogen) atoms. The Morgan fingerprint density at radius 2 is 1.55 bits per heavy atom. The van der Waals surface area contributed by atoms with E-state index in [4.69, 9.17) is 27.6 Å². The first-order valence-corrected chi connectivity index (χ1v) is 11.8. The van der Waals surface area contributed by atoms with Gasteiger partial charge in [0.25, 0.3) is 0 Å². The predicted molar refractivity (Wildman–Crippen MR) is 131 cm³/mol. The average Bonchev–Trinajstić information content (AvgIpc) is 3.46. The van der Waals surface area contributed by atoms with E-state index in [1.165, 1.54) is 17.3 Å². The number of aromatic nitrogens is 5. The van der Waals surface area contributed by atoms with Crippen molar-refractivity contribution >= 4 is 35.0 Å². The van der Waals surface area contributed by atoms with E-state index in [-0.39, 0.29) is 0 Å². The Balaban J connectivity index is 1.46. The zero-order valence-electron chi connectivity index (χ0n) is 17.4. The maximum absolute atomic E-state index is 6.52. The second-order valence-corrected chi connectivity index (χ2v) is 9.04. The number of thioether (sulfide) groups is 1. The minimum absolute atomic E-state index is 0.433. The summed E-state index contributed by atoms with van der Waals surface area (Å²) in [5, 5.41) is 19.1. The van der Waals surface area contributed by atoms with Crippen molar-refractivity contribution < 1.29 is 4.42 Å². The van der Waals surface area contributed by atoms with Crippen LogP contribution in [0.5, 0.6) is 0 Å². The Morgan fingerprint density at radius 3 is 2.30 bits per heavy atom. The van der Waals surface area contributed by atoms with Crippen molar-refractivity contribution in [3.63, 3.8) is 0 Å². The number of para-hydroxylation sites is 1. The molecule has 0 bridgehead atoms. The SMILES string of the molecule is Cc1ccc(-c2nnc(CSc3nnc(-c4ccc(Cl)cc4)n3-c3ccccc3Cl)o2)cc1. The number of halogens is 2. The smallest absolute Gasteiger partial charge is 0.247 e. The lowest BCUT2D eigenvalue weighted by Gasteiger charge is -2.11. The van der Waals surface area contributed by atoms with Gasteiger partial charge < -0.3 is 4.42 Å². The second kappa shape index (κ2) is 9.39. The first-order chi connectivity index (χ1) is 16.1. The minimum atomic E-state index is 0.433. The quantitative estimate of drug-likeness (QED) is 0.240. The molecule has 5 rings (SSSR count). The zero-order chi connectivity index (χ0) is 22.8. The van der Waals surface area contributed by atoms with Gasteiger partial charge in [0.15, 0.2) is 11.0 Å². The van der Waals surface area contributed by atoms with Crippen LogP contribution >= 0.6 is 35.0 Å². The van der Waals surface area contributed by atoms with Crippen molar-refractivity contribution in [1.29, 1.82) is 0 Å². The van der Waals surface area contributed by atoms with Crippen molar-refractivity contribution in [2.45, 2.75) is 17.8 Å². The molecule has 6 nitrogen and oxygen atoms in total. The maximum atomic E-state index is 6.52. The van der Waals surface area contributed by atoms with Crippen molar-refractivity contribution in [3.05, 3.63) is 94.3 Å². The summed E-state index contributed by atoms with van der Waals surface area (Å²) in [4.78, 5) is 0. The molecule has 2 heterocycles. The first kappa shape index (κ1) is 21.7. The highest BCUT2D eigenvalue weighted by molar-refractivity contribution is 7.98. The number of hydrogen-bond acceptors (Lipinski definition) is 6. The summed E-state index contributed by atoms with van der Waals surface area (Å²) in [5.74, 6) is 2.08. The van der Waals surface area contributed by atoms with Crippen LogP contribution in [-0.4, -0.2) is 25.0 Å². The van der Waals surface area contributed by atoms with Crippen LogP contribution < -0.4 is 0 Å². The number of rotatable bonds is 6. The molecule has 2 aromatic heterocycles. The third kappa shape index (κ3) is 4.66. The molecule has 3 aromatic carbocycles. The molecule has 0 aliphatic rings. The highest BCUT2D eigenvalue weighted by Crippen LogP contribution is 2.33. The van der Waals surface area contributed by atoms with Gasteiger partial charge in [-0.3, -0.25) is 4.57 Å². The van der Waals surface area contributed by atoms with Gasteiger partial charge in [-0.15, -0.1) is 20.4 Å². The molecule has 0 saturated carbocycles. The van der Waals surface area contributed by atoms with E-state index >= 15 is 0 Å². The fourth-order valence-corrected chi connectivity index (χ4v) is 4.38. The molecule has 9 heteroatoms. The van der Waals surface area contributed by atoms with Gasteiger partial charge in [-0.05, 0) is 55.5 Å². The number of benzene rings is 3. The van der Waals surface area contributed by atoms with Crippen LogP contribution in [-0.2, 0) is 5.75 Å². The van der Waals surface area contributed by atoms with Crippen molar-refractivity contribution in [2.24, 2.45) is 0 Å². The van der Waals surface area contributed by atoms with Crippen LogP contribution in [0.4, 0.5) is 0 Å². The largest absolute Gasteiger partial charge is 0.420 e. The van der Waals surface area contributed by atoms with Gasteiger partial charge >= 0.3 is 0 Å². The topological polar surface area (TPSA) is 69.6 Å². The summed E-state index contributed by atoms with van der Waals surface area (Å²) in [6.45, 7) is 2.03. The van der Waals surface area contributed by atoms with Gasteiger partial charge in [0, 0.05) is 16.1 Å². The van der Waals surface area contributed by atoms with Crippen molar-refractivity contribution in [3.8, 4) is 28.5 Å². The molecular weight excluding hydrogens is 477 g/mol. The van der Waals surface area contributed by atoms with Gasteiger partial charge in [-0.2, -0.15) is 0 Å². The Hall–Kier alpha value is -3.13. The zero-order valence-corrected chi connectivity index (χ0v) is 19.8. The summed E-state index contributed by atoms with van der Waals surface area (Å²) in [7, 11) is 0. The summed E-state index contributed by atoms with van der Waals surface area (Å²) in [6, 6.07) is 23.0. The molecule has 0 aliphatic heterocycles. The number of hydrogen-bond donors (Lipinski definition) is 0. The van der Waals surface area contributed by atoms with E-state index in [9.17, 15) is 0 Å². The molecule has 0 radical (unpaired) electrons. The Bertz CT molecular complexity index is 1400. The second-order valence-electron chi connectivity index (χ2n) is 7.26. The molecule has 0 amide bonds. The van der Waals surface area contributed by atoms with Crippen LogP contribution in [0.3, 0.4) is 0 Å². The summed E-state index contributed by atoms with van der Waals surface area (Å²) in [6.07, 6.45) is 0. The lowest BCUT2D eigenvalue weighted by molar-refractivity contribution is 0.528. The normalized spacial score (nSPS) is 11.1. The Labute approximate surface area is 204 Å². The van der Waals surface area contributed by atoms with Crippen molar-refractivity contribution in [1.82, 2.24) is 25.0 Å². The third-order valence-electron chi connectivity index (χ3n) is 4.92. The molecule has 0 saturated heterocycles. The van der Waals surface area contributed by atoms with Crippen LogP contribution in [0.15, 0.2) is 82.4 Å². The van der Waals surface area contributed by atoms with Gasteiger partial charge in [0.1, 0.15) is 0 Å². The van der Waals surface area contributed by atoms with E-state index in [0.717, 1.165) is 16.8 Å². The first-order valence-electron chi connectivity index (χ1n) is 10.1. The lowest BCUT2D eigenvalue weighted by Crippen LogP contribution is -2.00. The lowest BCUT2D eigenvalue weighted by atomic mass is 10.1. The van der Waals surface area contributed by atoms with Crippen LogP contribution in [0.25, 0.3) is 28.5 Å². The average molecular weight is 494 g/mol. The number of nitrogens with zero attached hydrogens (tertiary/aromatic N) is 5. The molecule has 0 atom stereocenters. The highest BCUT2D eigenvalue weighted by Gasteiger charge is 2.19. The molecular formula is C24H17Cl2N5OS. The molecule has 0 unspecified atom stereocenters. The predicted octanol–water partition coefficient (Wildman–Crippen LogP) is 6.89. The standard InChI is InChI=1S/C24H17Cl2N5OS/c1-15-6-8-17(9-7-15)23-29-27-21(32-23)14-33-24-30-28-22(16-10-12-18(25)13-11-16)31(24)20-5-3-2-4-19(20)26/h2-13H,14H2,1H3. The maximum Gasteiger partial charge on any atom is 0.247 e. The van der Waals surface area contributed by atoms with E-state index in [2.05, 4.69) is 20.4 Å². The minimum Gasteiger partial charge on any atom is -0.420 e. The summed E-state index contributed by atoms with van der Waals surface area (Å²) in [5.41, 5.74) is 3.71. The molecule has 0 N–H and O–H groups in total. The molecule has 0 fully saturated rings. The van der Waals surface area contributed by atoms with Gasteiger partial charge in [0.05, 0.1) is 16.5 Å². The third-order valence-corrected chi connectivity index (χ3v) is 6.40.